The summed E-state index contributed by atoms with van der Waals surface area (Å²) in [5, 5.41) is 0. The molecule has 1 fully saturated rings. The van der Waals surface area contributed by atoms with Gasteiger partial charge in [-0.05, 0) is 46.8 Å². The second kappa shape index (κ2) is 3.37. The van der Waals surface area contributed by atoms with Gasteiger partial charge in [-0.1, -0.05) is 0 Å². The third-order valence-electron chi connectivity index (χ3n) is 2.01. The fourth-order valence-corrected chi connectivity index (χ4v) is 4.96. The van der Waals surface area contributed by atoms with Crippen LogP contribution in [0.25, 0.3) is 0 Å². The van der Waals surface area contributed by atoms with E-state index in [0.717, 1.165) is 16.6 Å². The molecule has 1 aromatic heterocycles. The number of hydrogen-bond donors (Lipinski definition) is 0. The third kappa shape index (κ3) is 2.33. The average Bonchev–Trinajstić information content (AvgIpc) is 2.70. The maximum atomic E-state index is 11.7. The van der Waals surface area contributed by atoms with Crippen LogP contribution in [0.4, 0.5) is 0 Å². The quantitative estimate of drug-likeness (QED) is 0.853. The van der Waals surface area contributed by atoms with Crippen LogP contribution in [0.2, 0.25) is 0 Å². The summed E-state index contributed by atoms with van der Waals surface area (Å²) in [4.78, 5) is 0. The van der Waals surface area contributed by atoms with Crippen molar-refractivity contribution in [2.24, 2.45) is 5.92 Å². The summed E-state index contributed by atoms with van der Waals surface area (Å²) in [6.45, 7) is 0. The Balaban J connectivity index is 2.22. The van der Waals surface area contributed by atoms with E-state index in [1.54, 1.807) is 12.1 Å². The molecule has 0 aliphatic heterocycles. The van der Waals surface area contributed by atoms with Crippen molar-refractivity contribution >= 4 is 37.1 Å². The summed E-state index contributed by atoms with van der Waals surface area (Å²) >= 11 is 4.55. The number of rotatable bonds is 3. The van der Waals surface area contributed by atoms with Gasteiger partial charge in [-0.3, -0.25) is 0 Å². The fraction of sp³-hybridized carbons (Fsp3) is 0.500. The van der Waals surface area contributed by atoms with Crippen molar-refractivity contribution in [2.75, 3.05) is 5.75 Å². The van der Waals surface area contributed by atoms with Gasteiger partial charge in [0, 0.05) is 0 Å². The van der Waals surface area contributed by atoms with Gasteiger partial charge in [0.2, 0.25) is 0 Å². The highest BCUT2D eigenvalue weighted by Gasteiger charge is 2.29. The zero-order valence-corrected chi connectivity index (χ0v) is 10.1. The third-order valence-corrected chi connectivity index (χ3v) is 6.10. The van der Waals surface area contributed by atoms with Crippen LogP contribution >= 0.6 is 27.3 Å². The minimum atomic E-state index is -2.99. The molecule has 0 atom stereocenters. The summed E-state index contributed by atoms with van der Waals surface area (Å²) < 4.78 is 24.7. The smallest absolute Gasteiger partial charge is 0.188 e. The highest BCUT2D eigenvalue weighted by molar-refractivity contribution is 9.11. The Morgan fingerprint density at radius 3 is 2.62 bits per heavy atom. The molecule has 0 bridgehead atoms. The van der Waals surface area contributed by atoms with E-state index in [2.05, 4.69) is 15.9 Å². The van der Waals surface area contributed by atoms with Crippen LogP contribution in [0.3, 0.4) is 0 Å². The minimum absolute atomic E-state index is 0.333. The van der Waals surface area contributed by atoms with E-state index in [9.17, 15) is 8.42 Å². The fourth-order valence-electron chi connectivity index (χ4n) is 1.14. The van der Waals surface area contributed by atoms with Gasteiger partial charge in [-0.25, -0.2) is 8.42 Å². The van der Waals surface area contributed by atoms with Crippen molar-refractivity contribution in [2.45, 2.75) is 17.1 Å². The Hall–Kier alpha value is 0.130. The van der Waals surface area contributed by atoms with Crippen LogP contribution in [-0.2, 0) is 9.84 Å². The molecule has 0 unspecified atom stereocenters. The zero-order chi connectivity index (χ0) is 9.47. The number of halogens is 1. The molecule has 1 heterocycles. The van der Waals surface area contributed by atoms with E-state index in [1.807, 2.05) is 0 Å². The predicted molar refractivity (Wildman–Crippen MR) is 56.8 cm³/mol. The van der Waals surface area contributed by atoms with Gasteiger partial charge in [-0.15, -0.1) is 11.3 Å². The molecule has 0 saturated heterocycles. The first kappa shape index (κ1) is 9.68. The topological polar surface area (TPSA) is 34.1 Å². The molecule has 72 valence electrons. The Morgan fingerprint density at radius 2 is 2.15 bits per heavy atom. The van der Waals surface area contributed by atoms with E-state index in [0.29, 0.717) is 15.9 Å². The van der Waals surface area contributed by atoms with Gasteiger partial charge < -0.3 is 0 Å². The lowest BCUT2D eigenvalue weighted by Gasteiger charge is -1.97. The van der Waals surface area contributed by atoms with Gasteiger partial charge in [-0.2, -0.15) is 0 Å². The molecule has 0 aromatic carbocycles. The van der Waals surface area contributed by atoms with Gasteiger partial charge in [0.05, 0.1) is 9.54 Å². The predicted octanol–water partition coefficient (Wildman–Crippen LogP) is 2.69. The Bertz CT molecular complexity index is 404. The first-order chi connectivity index (χ1) is 6.08. The average molecular weight is 281 g/mol. The van der Waals surface area contributed by atoms with E-state index in [-0.39, 0.29) is 0 Å². The van der Waals surface area contributed by atoms with Crippen LogP contribution < -0.4 is 0 Å². The molecule has 5 heteroatoms. The van der Waals surface area contributed by atoms with Crippen LogP contribution in [0.1, 0.15) is 12.8 Å². The molecule has 0 spiro atoms. The first-order valence-corrected chi connectivity index (χ1v) is 7.32. The summed E-state index contributed by atoms with van der Waals surface area (Å²) in [5.74, 6) is 0.755. The molecule has 0 N–H and O–H groups in total. The Morgan fingerprint density at radius 1 is 1.46 bits per heavy atom. The number of thiophene rings is 1. The highest BCUT2D eigenvalue weighted by atomic mass is 79.9. The van der Waals surface area contributed by atoms with Crippen molar-refractivity contribution in [3.05, 3.63) is 15.9 Å². The van der Waals surface area contributed by atoms with Crippen LogP contribution in [-0.4, -0.2) is 14.2 Å². The van der Waals surface area contributed by atoms with E-state index < -0.39 is 9.84 Å². The molecule has 0 radical (unpaired) electrons. The lowest BCUT2D eigenvalue weighted by molar-refractivity contribution is 0.594. The summed E-state index contributed by atoms with van der Waals surface area (Å²) in [6, 6.07) is 3.46. The lowest BCUT2D eigenvalue weighted by Crippen LogP contribution is -2.06. The van der Waals surface area contributed by atoms with Crippen molar-refractivity contribution < 1.29 is 8.42 Å². The van der Waals surface area contributed by atoms with Crippen molar-refractivity contribution in [3.63, 3.8) is 0 Å². The second-order valence-corrected chi connectivity index (χ2v) is 8.01. The monoisotopic (exact) mass is 280 g/mol. The summed E-state index contributed by atoms with van der Waals surface area (Å²) in [5.41, 5.74) is 0. The molecule has 2 nitrogen and oxygen atoms in total. The molecular weight excluding hydrogens is 272 g/mol. The highest BCUT2D eigenvalue weighted by Crippen LogP contribution is 2.34. The zero-order valence-electron chi connectivity index (χ0n) is 6.86. The maximum Gasteiger partial charge on any atom is 0.188 e. The van der Waals surface area contributed by atoms with Crippen molar-refractivity contribution in [3.8, 4) is 0 Å². The molecule has 1 aliphatic rings. The van der Waals surface area contributed by atoms with Gasteiger partial charge in [0.15, 0.2) is 9.84 Å². The van der Waals surface area contributed by atoms with Crippen molar-refractivity contribution in [1.29, 1.82) is 0 Å². The maximum absolute atomic E-state index is 11.7. The largest absolute Gasteiger partial charge is 0.223 e. The molecule has 0 amide bonds. The standard InChI is InChI=1S/C8H9BrO2S2/c9-7-3-4-8(12-7)13(10,11)5-6-1-2-6/h3-4,6H,1-2,5H2. The van der Waals surface area contributed by atoms with Crippen LogP contribution in [0, 0.1) is 5.92 Å². The molecule has 1 aliphatic carbocycles. The molecule has 1 aromatic rings. The molecular formula is C8H9BrO2S2. The first-order valence-electron chi connectivity index (χ1n) is 4.06. The van der Waals surface area contributed by atoms with Gasteiger partial charge >= 0.3 is 0 Å². The molecule has 13 heavy (non-hydrogen) atoms. The Kier molecular flexibility index (Phi) is 2.51. The van der Waals surface area contributed by atoms with E-state index in [1.165, 1.54) is 11.3 Å². The van der Waals surface area contributed by atoms with Crippen molar-refractivity contribution in [1.82, 2.24) is 0 Å². The van der Waals surface area contributed by atoms with Gasteiger partial charge in [0.1, 0.15) is 4.21 Å². The second-order valence-electron chi connectivity index (χ2n) is 3.28. The minimum Gasteiger partial charge on any atom is -0.223 e. The molecule has 1 saturated carbocycles. The lowest BCUT2D eigenvalue weighted by atomic mass is 10.5. The van der Waals surface area contributed by atoms with E-state index >= 15 is 0 Å². The summed E-state index contributed by atoms with van der Waals surface area (Å²) in [6.07, 6.45) is 2.15. The van der Waals surface area contributed by atoms with E-state index in [4.69, 9.17) is 0 Å². The normalized spacial score (nSPS) is 17.6. The number of hydrogen-bond acceptors (Lipinski definition) is 3. The molecule has 2 rings (SSSR count). The van der Waals surface area contributed by atoms with Gasteiger partial charge in [0.25, 0.3) is 0 Å². The Labute approximate surface area is 90.0 Å². The summed E-state index contributed by atoms with van der Waals surface area (Å²) in [7, 11) is -2.99. The number of sulfone groups is 1. The van der Waals surface area contributed by atoms with Crippen LogP contribution in [0.5, 0.6) is 0 Å². The SMILES string of the molecule is O=S(=O)(CC1CC1)c1ccc(Br)s1. The van der Waals surface area contributed by atoms with Crippen LogP contribution in [0.15, 0.2) is 20.1 Å².